The Bertz CT molecular complexity index is 403. The van der Waals surface area contributed by atoms with Crippen LogP contribution < -0.4 is 0 Å². The Morgan fingerprint density at radius 3 is 2.53 bits per heavy atom. The lowest BCUT2D eigenvalue weighted by atomic mass is 10.1. The van der Waals surface area contributed by atoms with Crippen molar-refractivity contribution in [2.75, 3.05) is 6.54 Å². The average molecular weight is 268 g/mol. The van der Waals surface area contributed by atoms with Crippen LogP contribution >= 0.6 is 0 Å². The number of likely N-dealkylation sites (tertiary alicyclic amines) is 1. The van der Waals surface area contributed by atoms with Crippen LogP contribution in [-0.2, 0) is 14.4 Å². The molecule has 6 nitrogen and oxygen atoms in total. The van der Waals surface area contributed by atoms with Crippen molar-refractivity contribution in [2.45, 2.75) is 57.7 Å². The fraction of sp³-hybridized carbons (Fsp3) is 0.769. The van der Waals surface area contributed by atoms with E-state index < -0.39 is 12.0 Å². The Morgan fingerprint density at radius 2 is 2.05 bits per heavy atom. The van der Waals surface area contributed by atoms with Crippen molar-refractivity contribution in [3.63, 3.8) is 0 Å². The molecule has 2 rings (SSSR count). The molecule has 106 valence electrons. The van der Waals surface area contributed by atoms with E-state index in [1.165, 1.54) is 4.90 Å². The van der Waals surface area contributed by atoms with Gasteiger partial charge in [0.2, 0.25) is 11.8 Å². The van der Waals surface area contributed by atoms with Crippen molar-refractivity contribution in [1.29, 1.82) is 0 Å². The monoisotopic (exact) mass is 268 g/mol. The van der Waals surface area contributed by atoms with Crippen molar-refractivity contribution in [2.24, 2.45) is 0 Å². The van der Waals surface area contributed by atoms with Crippen molar-refractivity contribution in [1.82, 2.24) is 9.80 Å². The van der Waals surface area contributed by atoms with Gasteiger partial charge in [0.05, 0.1) is 18.9 Å². The molecule has 1 heterocycles. The molecule has 1 aliphatic heterocycles. The first-order valence-electron chi connectivity index (χ1n) is 6.75. The van der Waals surface area contributed by atoms with Gasteiger partial charge in [-0.1, -0.05) is 0 Å². The molecule has 2 aliphatic rings. The van der Waals surface area contributed by atoms with Gasteiger partial charge in [-0.25, -0.2) is 0 Å². The Labute approximate surface area is 112 Å². The Balaban J connectivity index is 2.07. The zero-order valence-electron chi connectivity index (χ0n) is 11.3. The summed E-state index contributed by atoms with van der Waals surface area (Å²) in [5, 5.41) is 8.77. The highest BCUT2D eigenvalue weighted by molar-refractivity contribution is 6.06. The van der Waals surface area contributed by atoms with E-state index in [0.717, 1.165) is 12.8 Å². The van der Waals surface area contributed by atoms with Crippen molar-refractivity contribution >= 4 is 17.8 Å². The number of hydrogen-bond acceptors (Lipinski definition) is 4. The number of amides is 2. The van der Waals surface area contributed by atoms with E-state index in [2.05, 4.69) is 0 Å². The molecule has 6 heteroatoms. The molecule has 0 spiro atoms. The normalized spacial score (nSPS) is 23.8. The molecule has 1 aliphatic carbocycles. The first-order valence-corrected chi connectivity index (χ1v) is 6.75. The molecular weight excluding hydrogens is 248 g/mol. The van der Waals surface area contributed by atoms with E-state index >= 15 is 0 Å². The summed E-state index contributed by atoms with van der Waals surface area (Å²) < 4.78 is 0. The fourth-order valence-corrected chi connectivity index (χ4v) is 2.61. The summed E-state index contributed by atoms with van der Waals surface area (Å²) >= 11 is 0. The third kappa shape index (κ3) is 2.94. The van der Waals surface area contributed by atoms with Crippen molar-refractivity contribution in [3.05, 3.63) is 0 Å². The van der Waals surface area contributed by atoms with Gasteiger partial charge in [0.15, 0.2) is 0 Å². The van der Waals surface area contributed by atoms with Crippen molar-refractivity contribution in [3.8, 4) is 0 Å². The average Bonchev–Trinajstić information content (AvgIpc) is 3.07. The Hall–Kier alpha value is -1.43. The van der Waals surface area contributed by atoms with E-state index in [9.17, 15) is 14.4 Å². The first-order chi connectivity index (χ1) is 8.91. The second-order valence-corrected chi connectivity index (χ2v) is 5.53. The summed E-state index contributed by atoms with van der Waals surface area (Å²) in [5.74, 6) is -1.15. The Morgan fingerprint density at radius 1 is 1.42 bits per heavy atom. The van der Waals surface area contributed by atoms with Gasteiger partial charge < -0.3 is 5.11 Å². The number of imide groups is 1. The lowest BCUT2D eigenvalue weighted by Crippen LogP contribution is -2.46. The molecule has 2 amide bonds. The number of nitrogens with zero attached hydrogens (tertiary/aromatic N) is 2. The van der Waals surface area contributed by atoms with Crippen LogP contribution in [0.25, 0.3) is 0 Å². The quantitative estimate of drug-likeness (QED) is 0.708. The molecule has 1 saturated heterocycles. The molecule has 0 aromatic carbocycles. The second kappa shape index (κ2) is 5.28. The zero-order valence-corrected chi connectivity index (χ0v) is 11.3. The second-order valence-electron chi connectivity index (χ2n) is 5.53. The van der Waals surface area contributed by atoms with Gasteiger partial charge in [-0.2, -0.15) is 0 Å². The van der Waals surface area contributed by atoms with E-state index in [4.69, 9.17) is 5.11 Å². The van der Waals surface area contributed by atoms with Crippen LogP contribution in [0.5, 0.6) is 0 Å². The van der Waals surface area contributed by atoms with Crippen LogP contribution in [0.4, 0.5) is 0 Å². The van der Waals surface area contributed by atoms with Crippen LogP contribution in [0.2, 0.25) is 0 Å². The van der Waals surface area contributed by atoms with Gasteiger partial charge in [0, 0.05) is 18.6 Å². The lowest BCUT2D eigenvalue weighted by molar-refractivity contribution is -0.142. The molecule has 19 heavy (non-hydrogen) atoms. The highest BCUT2D eigenvalue weighted by Gasteiger charge is 2.48. The lowest BCUT2D eigenvalue weighted by Gasteiger charge is -2.30. The molecule has 2 fully saturated rings. The number of carbonyl (C=O) groups excluding carboxylic acids is 2. The van der Waals surface area contributed by atoms with Crippen LogP contribution in [-0.4, -0.2) is 57.4 Å². The molecule has 0 bridgehead atoms. The maximum absolute atomic E-state index is 12.3. The predicted molar refractivity (Wildman–Crippen MR) is 67.4 cm³/mol. The summed E-state index contributed by atoms with van der Waals surface area (Å²) in [6, 6.07) is -0.341. The number of aliphatic carboxylic acids is 1. The van der Waals surface area contributed by atoms with E-state index in [1.807, 2.05) is 18.7 Å². The van der Waals surface area contributed by atoms with Gasteiger partial charge in [0.25, 0.3) is 0 Å². The summed E-state index contributed by atoms with van der Waals surface area (Å²) in [6.45, 7) is 4.13. The van der Waals surface area contributed by atoms with Gasteiger partial charge in [-0.05, 0) is 26.7 Å². The summed E-state index contributed by atoms with van der Waals surface area (Å²) in [4.78, 5) is 38.1. The zero-order chi connectivity index (χ0) is 14.2. The maximum Gasteiger partial charge on any atom is 0.304 e. The van der Waals surface area contributed by atoms with Gasteiger partial charge in [-0.15, -0.1) is 0 Å². The first kappa shape index (κ1) is 14.0. The number of rotatable bonds is 6. The fourth-order valence-electron chi connectivity index (χ4n) is 2.61. The number of carbonyl (C=O) groups is 3. The van der Waals surface area contributed by atoms with Gasteiger partial charge in [-0.3, -0.25) is 24.2 Å². The third-order valence-electron chi connectivity index (χ3n) is 3.72. The molecule has 0 aromatic rings. The van der Waals surface area contributed by atoms with E-state index in [0.29, 0.717) is 6.54 Å². The highest BCUT2D eigenvalue weighted by Crippen LogP contribution is 2.33. The minimum Gasteiger partial charge on any atom is -0.481 e. The Kier molecular flexibility index (Phi) is 3.89. The molecule has 1 saturated carbocycles. The van der Waals surface area contributed by atoms with Crippen molar-refractivity contribution < 1.29 is 19.5 Å². The predicted octanol–water partition coefficient (Wildman–Crippen LogP) is 0.461. The van der Waals surface area contributed by atoms with Crippen LogP contribution in [0.15, 0.2) is 0 Å². The summed E-state index contributed by atoms with van der Waals surface area (Å²) in [7, 11) is 0. The van der Waals surface area contributed by atoms with Crippen LogP contribution in [0, 0.1) is 0 Å². The summed E-state index contributed by atoms with van der Waals surface area (Å²) in [6.07, 6.45) is 1.98. The number of hydrogen-bond donors (Lipinski definition) is 1. The van der Waals surface area contributed by atoms with E-state index in [1.54, 1.807) is 0 Å². The van der Waals surface area contributed by atoms with Gasteiger partial charge >= 0.3 is 5.97 Å². The molecule has 1 N–H and O–H groups in total. The minimum absolute atomic E-state index is 0.0143. The minimum atomic E-state index is -0.888. The SMILES string of the molecule is CC(C)N(CCC(=O)O)C1CC(=O)N(C2CC2)C1=O. The molecular formula is C13H20N2O4. The van der Waals surface area contributed by atoms with Crippen LogP contribution in [0.1, 0.15) is 39.5 Å². The smallest absolute Gasteiger partial charge is 0.304 e. The summed E-state index contributed by atoms with van der Waals surface area (Å²) in [5.41, 5.74) is 0. The standard InChI is InChI=1S/C13H20N2O4/c1-8(2)14(6-5-12(17)18)10-7-11(16)15(13(10)19)9-3-4-9/h8-10H,3-7H2,1-2H3,(H,17,18). The molecule has 1 unspecified atom stereocenters. The maximum atomic E-state index is 12.3. The largest absolute Gasteiger partial charge is 0.481 e. The third-order valence-corrected chi connectivity index (χ3v) is 3.72. The highest BCUT2D eigenvalue weighted by atomic mass is 16.4. The van der Waals surface area contributed by atoms with Gasteiger partial charge in [0.1, 0.15) is 0 Å². The molecule has 1 atom stereocenters. The topological polar surface area (TPSA) is 77.9 Å². The molecule has 0 radical (unpaired) electrons. The number of carboxylic acids is 1. The van der Waals surface area contributed by atoms with E-state index in [-0.39, 0.29) is 36.7 Å². The van der Waals surface area contributed by atoms with Crippen LogP contribution in [0.3, 0.4) is 0 Å². The number of carboxylic acid groups (broad SMARTS) is 1. The molecule has 0 aromatic heterocycles.